The monoisotopic (exact) mass is 462 g/mol. The van der Waals surface area contributed by atoms with E-state index in [0.29, 0.717) is 22.7 Å². The van der Waals surface area contributed by atoms with Crippen molar-refractivity contribution in [1.29, 1.82) is 0 Å². The zero-order valence-electron chi connectivity index (χ0n) is 18.3. The maximum absolute atomic E-state index is 12.0. The summed E-state index contributed by atoms with van der Waals surface area (Å²) in [5.74, 6) is 0.0421. The van der Waals surface area contributed by atoms with Crippen molar-refractivity contribution in [2.75, 3.05) is 12.4 Å². The predicted octanol–water partition coefficient (Wildman–Crippen LogP) is 3.66. The van der Waals surface area contributed by atoms with E-state index in [-0.39, 0.29) is 12.3 Å². The Morgan fingerprint density at radius 3 is 2.38 bits per heavy atom. The molecule has 10 heteroatoms. The normalized spacial score (nSPS) is 10.5. The first-order valence-corrected chi connectivity index (χ1v) is 10.2. The van der Waals surface area contributed by atoms with Gasteiger partial charge in [-0.1, -0.05) is 12.1 Å². The van der Waals surface area contributed by atoms with Crippen molar-refractivity contribution >= 4 is 29.4 Å². The Kier molecular flexibility index (Phi) is 8.28. The second kappa shape index (κ2) is 11.8. The first kappa shape index (κ1) is 23.9. The molecule has 0 radical (unpaired) electrons. The number of para-hydroxylation sites is 2. The molecule has 34 heavy (non-hydrogen) atoms. The van der Waals surface area contributed by atoms with Gasteiger partial charge in [-0.2, -0.15) is 5.10 Å². The molecule has 2 N–H and O–H groups in total. The zero-order chi connectivity index (χ0) is 24.3. The quantitative estimate of drug-likeness (QED) is 0.205. The molecule has 0 unspecified atom stereocenters. The van der Waals surface area contributed by atoms with Crippen molar-refractivity contribution in [3.63, 3.8) is 0 Å². The minimum atomic E-state index is -0.563. The number of methoxy groups -OCH3 is 1. The van der Waals surface area contributed by atoms with Crippen molar-refractivity contribution < 1.29 is 24.0 Å². The van der Waals surface area contributed by atoms with E-state index in [1.165, 1.54) is 25.5 Å². The van der Waals surface area contributed by atoms with Gasteiger partial charge < -0.3 is 14.8 Å². The lowest BCUT2D eigenvalue weighted by Gasteiger charge is -2.09. The van der Waals surface area contributed by atoms with Gasteiger partial charge in [0.15, 0.2) is 0 Å². The van der Waals surface area contributed by atoms with E-state index in [0.717, 1.165) is 5.56 Å². The smallest absolute Gasteiger partial charge is 0.269 e. The molecule has 0 aliphatic rings. The molecule has 3 aromatic rings. The fourth-order valence-electron chi connectivity index (χ4n) is 2.84. The molecule has 0 atom stereocenters. The summed E-state index contributed by atoms with van der Waals surface area (Å²) in [7, 11) is 1.49. The molecule has 0 saturated heterocycles. The molecule has 0 saturated carbocycles. The standard InChI is InChI=1S/C24H22N4O6/c1-33-22-5-3-2-4-21(22)26-23(29)14-24(30)27-25-15-17-8-12-20(13-9-17)34-16-18-6-10-19(11-7-18)28(31)32/h2-13,15H,14,16H2,1H3,(H,26,29)(H,27,30). The Balaban J connectivity index is 1.43. The van der Waals surface area contributed by atoms with Crippen LogP contribution in [-0.2, 0) is 16.2 Å². The van der Waals surface area contributed by atoms with Gasteiger partial charge in [-0.15, -0.1) is 0 Å². The summed E-state index contributed by atoms with van der Waals surface area (Å²) >= 11 is 0. The van der Waals surface area contributed by atoms with E-state index < -0.39 is 23.2 Å². The zero-order valence-corrected chi connectivity index (χ0v) is 18.3. The lowest BCUT2D eigenvalue weighted by Crippen LogP contribution is -2.24. The van der Waals surface area contributed by atoms with Crippen LogP contribution in [0.1, 0.15) is 17.5 Å². The van der Waals surface area contributed by atoms with Gasteiger partial charge in [0.1, 0.15) is 24.5 Å². The van der Waals surface area contributed by atoms with E-state index in [1.807, 2.05) is 0 Å². The highest BCUT2D eigenvalue weighted by molar-refractivity contribution is 6.04. The summed E-state index contributed by atoms with van der Waals surface area (Å²) in [6, 6.07) is 20.0. The maximum atomic E-state index is 12.0. The van der Waals surface area contributed by atoms with Crippen LogP contribution in [0, 0.1) is 10.1 Å². The minimum absolute atomic E-state index is 0.0246. The number of nitrogens with zero attached hydrogens (tertiary/aromatic N) is 2. The van der Waals surface area contributed by atoms with Crippen LogP contribution in [0.25, 0.3) is 0 Å². The fraction of sp³-hybridized carbons (Fsp3) is 0.125. The average molecular weight is 462 g/mol. The number of rotatable bonds is 10. The molecule has 3 rings (SSSR count). The number of non-ortho nitro benzene ring substituents is 1. The number of hydrogen-bond donors (Lipinski definition) is 2. The number of nitrogens with one attached hydrogen (secondary N) is 2. The van der Waals surface area contributed by atoms with Gasteiger partial charge in [0.05, 0.1) is 23.9 Å². The third-order valence-corrected chi connectivity index (χ3v) is 4.54. The Morgan fingerprint density at radius 2 is 1.71 bits per heavy atom. The number of carbonyl (C=O) groups excluding carboxylic acids is 2. The number of hydrogen-bond acceptors (Lipinski definition) is 7. The molecular weight excluding hydrogens is 440 g/mol. The highest BCUT2D eigenvalue weighted by Crippen LogP contribution is 2.23. The number of amides is 2. The fourth-order valence-corrected chi connectivity index (χ4v) is 2.84. The van der Waals surface area contributed by atoms with Crippen LogP contribution in [0.15, 0.2) is 77.9 Å². The van der Waals surface area contributed by atoms with Gasteiger partial charge in [0.2, 0.25) is 11.8 Å². The molecule has 0 aliphatic carbocycles. The van der Waals surface area contributed by atoms with Crippen LogP contribution in [-0.4, -0.2) is 30.1 Å². The van der Waals surface area contributed by atoms with E-state index in [2.05, 4.69) is 15.8 Å². The number of nitro benzene ring substituents is 1. The Morgan fingerprint density at radius 1 is 1.00 bits per heavy atom. The molecule has 2 amide bonds. The topological polar surface area (TPSA) is 132 Å². The highest BCUT2D eigenvalue weighted by atomic mass is 16.6. The van der Waals surface area contributed by atoms with Crippen molar-refractivity contribution in [2.45, 2.75) is 13.0 Å². The Hall–Kier alpha value is -4.73. The lowest BCUT2D eigenvalue weighted by atomic mass is 10.2. The van der Waals surface area contributed by atoms with Gasteiger partial charge in [-0.3, -0.25) is 19.7 Å². The van der Waals surface area contributed by atoms with Crippen molar-refractivity contribution in [1.82, 2.24) is 5.43 Å². The number of anilines is 1. The van der Waals surface area contributed by atoms with Crippen LogP contribution in [0.3, 0.4) is 0 Å². The summed E-state index contributed by atoms with van der Waals surface area (Å²) in [4.78, 5) is 34.2. The largest absolute Gasteiger partial charge is 0.495 e. The molecule has 0 heterocycles. The molecule has 174 valence electrons. The SMILES string of the molecule is COc1ccccc1NC(=O)CC(=O)NN=Cc1ccc(OCc2ccc([N+](=O)[O-])cc2)cc1. The molecular formula is C24H22N4O6. The minimum Gasteiger partial charge on any atom is -0.495 e. The van der Waals surface area contributed by atoms with Gasteiger partial charge in [-0.05, 0) is 59.7 Å². The van der Waals surface area contributed by atoms with Crippen molar-refractivity contribution in [2.24, 2.45) is 5.10 Å². The molecule has 0 aromatic heterocycles. The molecule has 3 aromatic carbocycles. The Labute approximate surface area is 195 Å². The molecule has 0 fully saturated rings. The second-order valence-electron chi connectivity index (χ2n) is 7.00. The third-order valence-electron chi connectivity index (χ3n) is 4.54. The third kappa shape index (κ3) is 7.16. The number of benzene rings is 3. The first-order valence-electron chi connectivity index (χ1n) is 10.2. The Bertz CT molecular complexity index is 1180. The summed E-state index contributed by atoms with van der Waals surface area (Å²) in [5, 5.41) is 17.2. The van der Waals surface area contributed by atoms with Crippen LogP contribution < -0.4 is 20.2 Å². The summed E-state index contributed by atoms with van der Waals surface area (Å²) in [6.45, 7) is 0.262. The molecule has 0 spiro atoms. The maximum Gasteiger partial charge on any atom is 0.269 e. The summed E-state index contributed by atoms with van der Waals surface area (Å²) < 4.78 is 10.8. The van der Waals surface area contributed by atoms with Gasteiger partial charge >= 0.3 is 0 Å². The van der Waals surface area contributed by atoms with E-state index in [4.69, 9.17) is 9.47 Å². The van der Waals surface area contributed by atoms with Crippen LogP contribution in [0.5, 0.6) is 11.5 Å². The summed E-state index contributed by atoms with van der Waals surface area (Å²) in [5.41, 5.74) is 4.32. The molecule has 0 aliphatic heterocycles. The average Bonchev–Trinajstić information content (AvgIpc) is 2.84. The first-order chi connectivity index (χ1) is 16.4. The number of ether oxygens (including phenoxy) is 2. The molecule has 10 nitrogen and oxygen atoms in total. The van der Waals surface area contributed by atoms with Gasteiger partial charge in [0.25, 0.3) is 5.69 Å². The number of carbonyl (C=O) groups is 2. The van der Waals surface area contributed by atoms with E-state index >= 15 is 0 Å². The number of hydrazone groups is 1. The van der Waals surface area contributed by atoms with Gasteiger partial charge in [-0.25, -0.2) is 5.43 Å². The predicted molar refractivity (Wildman–Crippen MR) is 126 cm³/mol. The second-order valence-corrected chi connectivity index (χ2v) is 7.00. The van der Waals surface area contributed by atoms with Gasteiger partial charge in [0, 0.05) is 12.1 Å². The van der Waals surface area contributed by atoms with Crippen LogP contribution in [0.2, 0.25) is 0 Å². The number of nitro groups is 1. The highest BCUT2D eigenvalue weighted by Gasteiger charge is 2.11. The van der Waals surface area contributed by atoms with Crippen LogP contribution >= 0.6 is 0 Å². The van der Waals surface area contributed by atoms with Crippen molar-refractivity contribution in [3.8, 4) is 11.5 Å². The van der Waals surface area contributed by atoms with E-state index in [9.17, 15) is 19.7 Å². The summed E-state index contributed by atoms with van der Waals surface area (Å²) in [6.07, 6.45) is 1.04. The van der Waals surface area contributed by atoms with Crippen LogP contribution in [0.4, 0.5) is 11.4 Å². The van der Waals surface area contributed by atoms with E-state index in [1.54, 1.807) is 60.7 Å². The lowest BCUT2D eigenvalue weighted by molar-refractivity contribution is -0.384. The molecule has 0 bridgehead atoms. The van der Waals surface area contributed by atoms with Crippen molar-refractivity contribution in [3.05, 3.63) is 94.0 Å².